The fourth-order valence-corrected chi connectivity index (χ4v) is 5.79. The number of rotatable bonds is 4. The maximum absolute atomic E-state index is 12.1. The molecule has 2 aromatic rings. The van der Waals surface area contributed by atoms with Crippen molar-refractivity contribution in [3.63, 3.8) is 0 Å². The molecule has 2 aliphatic rings. The van der Waals surface area contributed by atoms with Gasteiger partial charge in [-0.1, -0.05) is 57.0 Å². The van der Waals surface area contributed by atoms with Crippen molar-refractivity contribution >= 4 is 5.97 Å². The zero-order valence-corrected chi connectivity index (χ0v) is 16.8. The first-order chi connectivity index (χ1) is 13.0. The molecule has 144 valence electrons. The Morgan fingerprint density at radius 3 is 2.78 bits per heavy atom. The van der Waals surface area contributed by atoms with Crippen LogP contribution < -0.4 is 0 Å². The summed E-state index contributed by atoms with van der Waals surface area (Å²) in [7, 11) is 1.49. The van der Waals surface area contributed by atoms with Gasteiger partial charge in [0.05, 0.1) is 13.5 Å². The maximum Gasteiger partial charge on any atom is 0.311 e. The summed E-state index contributed by atoms with van der Waals surface area (Å²) in [4.78, 5) is 12.1. The number of esters is 1. The smallest absolute Gasteiger partial charge is 0.311 e. The Balaban J connectivity index is 1.78. The van der Waals surface area contributed by atoms with E-state index in [1.54, 1.807) is 0 Å². The molecule has 0 amide bonds. The van der Waals surface area contributed by atoms with E-state index in [4.69, 9.17) is 4.74 Å². The summed E-state index contributed by atoms with van der Waals surface area (Å²) >= 11 is 0. The van der Waals surface area contributed by atoms with Gasteiger partial charge in [-0.25, -0.2) is 0 Å². The molecule has 0 aliphatic heterocycles. The molecular weight excluding hydrogens is 334 g/mol. The van der Waals surface area contributed by atoms with Gasteiger partial charge in [-0.3, -0.25) is 4.79 Å². The number of hydrogen-bond donors (Lipinski definition) is 0. The van der Waals surface area contributed by atoms with Gasteiger partial charge in [0.15, 0.2) is 0 Å². The second-order valence-corrected chi connectivity index (χ2v) is 8.77. The first-order valence-corrected chi connectivity index (χ1v) is 10.3. The molecule has 27 heavy (non-hydrogen) atoms. The summed E-state index contributed by atoms with van der Waals surface area (Å²) in [5, 5.41) is 0. The van der Waals surface area contributed by atoms with Crippen LogP contribution >= 0.6 is 0 Å². The van der Waals surface area contributed by atoms with Crippen molar-refractivity contribution in [2.45, 2.75) is 64.3 Å². The van der Waals surface area contributed by atoms with Gasteiger partial charge in [0.25, 0.3) is 0 Å². The number of hydrogen-bond acceptors (Lipinski definition) is 2. The van der Waals surface area contributed by atoms with Gasteiger partial charge in [-0.15, -0.1) is 0 Å². The van der Waals surface area contributed by atoms with Gasteiger partial charge in [0, 0.05) is 18.4 Å². The van der Waals surface area contributed by atoms with Crippen LogP contribution in [0.5, 0.6) is 0 Å². The van der Waals surface area contributed by atoms with E-state index in [0.717, 1.165) is 24.8 Å². The zero-order valence-electron chi connectivity index (χ0n) is 16.8. The Morgan fingerprint density at radius 1 is 1.26 bits per heavy atom. The number of nitrogens with zero attached hydrogens (tertiary/aromatic N) is 1. The third-order valence-corrected chi connectivity index (χ3v) is 7.22. The van der Waals surface area contributed by atoms with Crippen molar-refractivity contribution in [1.29, 1.82) is 0 Å². The maximum atomic E-state index is 12.1. The largest absolute Gasteiger partial charge is 0.469 e. The Kier molecular flexibility index (Phi) is 4.88. The predicted molar refractivity (Wildman–Crippen MR) is 108 cm³/mol. The number of methoxy groups -OCH3 is 1. The molecule has 3 unspecified atom stereocenters. The molecule has 1 heterocycles. The van der Waals surface area contributed by atoms with Crippen LogP contribution in [0.1, 0.15) is 61.9 Å². The van der Waals surface area contributed by atoms with E-state index in [1.165, 1.54) is 55.2 Å². The van der Waals surface area contributed by atoms with Crippen LogP contribution in [0.4, 0.5) is 0 Å². The molecular formula is C24H31NO2. The highest BCUT2D eigenvalue weighted by molar-refractivity contribution is 5.73. The van der Waals surface area contributed by atoms with Crippen LogP contribution in [0.25, 0.3) is 0 Å². The number of ether oxygens (including phenoxy) is 1. The Hall–Kier alpha value is -2.03. The predicted octanol–water partition coefficient (Wildman–Crippen LogP) is 4.89. The molecule has 0 radical (unpaired) electrons. The number of fused-ring (bicyclic) bond motifs is 3. The highest BCUT2D eigenvalue weighted by atomic mass is 16.5. The van der Waals surface area contributed by atoms with Crippen LogP contribution in [-0.4, -0.2) is 17.6 Å². The van der Waals surface area contributed by atoms with Crippen LogP contribution in [0.15, 0.2) is 36.5 Å². The first kappa shape index (κ1) is 18.3. The lowest BCUT2D eigenvalue weighted by Crippen LogP contribution is -2.42. The topological polar surface area (TPSA) is 31.2 Å². The highest BCUT2D eigenvalue weighted by Crippen LogP contribution is 2.53. The van der Waals surface area contributed by atoms with Crippen molar-refractivity contribution in [1.82, 2.24) is 4.57 Å². The summed E-state index contributed by atoms with van der Waals surface area (Å²) in [6.45, 7) is 5.72. The average molecular weight is 366 g/mol. The van der Waals surface area contributed by atoms with Crippen LogP contribution in [0, 0.1) is 11.8 Å². The summed E-state index contributed by atoms with van der Waals surface area (Å²) in [6.07, 6.45) is 9.00. The summed E-state index contributed by atoms with van der Waals surface area (Å²) in [5.74, 6) is 1.41. The third-order valence-electron chi connectivity index (χ3n) is 7.22. The van der Waals surface area contributed by atoms with Gasteiger partial charge >= 0.3 is 5.97 Å². The molecule has 0 bridgehead atoms. The van der Waals surface area contributed by atoms with E-state index in [2.05, 4.69) is 54.9 Å². The molecule has 0 spiro atoms. The third kappa shape index (κ3) is 3.22. The molecule has 1 saturated carbocycles. The van der Waals surface area contributed by atoms with Crippen molar-refractivity contribution in [2.75, 3.05) is 7.11 Å². The standard InChI is InChI=1S/C24H31NO2/c1-17-8-7-13-24(2)20(17)12-11-19-21(24)16-25(22(19)14-23(26)27-3)15-18-9-5-4-6-10-18/h4-6,9-10,16-17,20H,7-8,11-15H2,1-3H3. The molecule has 3 nitrogen and oxygen atoms in total. The number of aromatic nitrogens is 1. The molecule has 1 aromatic heterocycles. The summed E-state index contributed by atoms with van der Waals surface area (Å²) in [6, 6.07) is 10.5. The van der Waals surface area contributed by atoms with Gasteiger partial charge in [-0.2, -0.15) is 0 Å². The zero-order chi connectivity index (χ0) is 19.0. The Labute approximate surface area is 162 Å². The van der Waals surface area contributed by atoms with Gasteiger partial charge in [0.1, 0.15) is 0 Å². The van der Waals surface area contributed by atoms with Crippen molar-refractivity contribution < 1.29 is 9.53 Å². The van der Waals surface area contributed by atoms with Gasteiger partial charge < -0.3 is 9.30 Å². The molecule has 0 saturated heterocycles. The fraction of sp³-hybridized carbons (Fsp3) is 0.542. The molecule has 3 heteroatoms. The lowest BCUT2D eigenvalue weighted by molar-refractivity contribution is -0.139. The van der Waals surface area contributed by atoms with E-state index in [1.807, 2.05) is 0 Å². The Morgan fingerprint density at radius 2 is 2.04 bits per heavy atom. The van der Waals surface area contributed by atoms with E-state index in [0.29, 0.717) is 6.42 Å². The number of benzene rings is 1. The normalized spacial score (nSPS) is 26.9. The summed E-state index contributed by atoms with van der Waals surface area (Å²) < 4.78 is 7.34. The Bertz CT molecular complexity index is 822. The lowest BCUT2D eigenvalue weighted by Gasteiger charge is -2.48. The minimum atomic E-state index is -0.144. The molecule has 3 atom stereocenters. The second-order valence-electron chi connectivity index (χ2n) is 8.77. The highest BCUT2D eigenvalue weighted by Gasteiger charge is 2.46. The molecule has 1 aromatic carbocycles. The van der Waals surface area contributed by atoms with Crippen molar-refractivity contribution in [3.05, 3.63) is 58.9 Å². The van der Waals surface area contributed by atoms with E-state index in [-0.39, 0.29) is 11.4 Å². The molecule has 0 N–H and O–H groups in total. The SMILES string of the molecule is COC(=O)Cc1c2c(cn1Cc1ccccc1)C1(C)CCCC(C)C1CC2. The number of carbonyl (C=O) groups excluding carboxylic acids is 1. The monoisotopic (exact) mass is 365 g/mol. The van der Waals surface area contributed by atoms with Gasteiger partial charge in [-0.05, 0) is 53.2 Å². The van der Waals surface area contributed by atoms with Crippen LogP contribution in [-0.2, 0) is 34.3 Å². The first-order valence-electron chi connectivity index (χ1n) is 10.3. The average Bonchev–Trinajstić information content (AvgIpc) is 3.01. The van der Waals surface area contributed by atoms with Crippen molar-refractivity contribution in [3.8, 4) is 0 Å². The van der Waals surface area contributed by atoms with Crippen LogP contribution in [0.3, 0.4) is 0 Å². The summed E-state index contributed by atoms with van der Waals surface area (Å²) in [5.41, 5.74) is 5.61. The van der Waals surface area contributed by atoms with E-state index >= 15 is 0 Å². The molecule has 2 aliphatic carbocycles. The lowest BCUT2D eigenvalue weighted by atomic mass is 9.56. The number of carbonyl (C=O) groups is 1. The van der Waals surface area contributed by atoms with E-state index < -0.39 is 0 Å². The van der Waals surface area contributed by atoms with Crippen molar-refractivity contribution in [2.24, 2.45) is 11.8 Å². The second kappa shape index (κ2) is 7.18. The molecule has 1 fully saturated rings. The van der Waals surface area contributed by atoms with Crippen LogP contribution in [0.2, 0.25) is 0 Å². The van der Waals surface area contributed by atoms with E-state index in [9.17, 15) is 4.79 Å². The minimum Gasteiger partial charge on any atom is -0.469 e. The quantitative estimate of drug-likeness (QED) is 0.722. The fourth-order valence-electron chi connectivity index (χ4n) is 5.79. The minimum absolute atomic E-state index is 0.144. The van der Waals surface area contributed by atoms with Gasteiger partial charge in [0.2, 0.25) is 0 Å². The molecule has 4 rings (SSSR count).